The second-order valence-electron chi connectivity index (χ2n) is 2.94. The van der Waals surface area contributed by atoms with Crippen LogP contribution in [0.1, 0.15) is 0 Å². The van der Waals surface area contributed by atoms with Crippen molar-refractivity contribution in [3.63, 3.8) is 0 Å². The second kappa shape index (κ2) is 3.64. The van der Waals surface area contributed by atoms with E-state index in [1.165, 1.54) is 0 Å². The van der Waals surface area contributed by atoms with Crippen molar-refractivity contribution in [2.24, 2.45) is 0 Å². The average molecular weight is 244 g/mol. The minimum atomic E-state index is -0.854. The van der Waals surface area contributed by atoms with Crippen molar-refractivity contribution in [1.82, 2.24) is 14.6 Å². The maximum Gasteiger partial charge on any atom is 0.355 e. The van der Waals surface area contributed by atoms with Crippen LogP contribution in [0.5, 0.6) is 5.88 Å². The summed E-state index contributed by atoms with van der Waals surface area (Å²) >= 11 is 0. The van der Waals surface area contributed by atoms with Crippen molar-refractivity contribution >= 4 is 22.8 Å². The Morgan fingerprint density at radius 1 is 1.47 bits per heavy atom. The molecular weight excluding hydrogens is 236 g/mol. The summed E-state index contributed by atoms with van der Waals surface area (Å²) in [6, 6.07) is 0. The van der Waals surface area contributed by atoms with E-state index in [1.807, 2.05) is 0 Å². The number of nitrogens with one attached hydrogen (secondary N) is 1. The molecule has 0 saturated heterocycles. The molecule has 0 amide bonds. The summed E-state index contributed by atoms with van der Waals surface area (Å²) < 4.78 is 0.699. The van der Waals surface area contributed by atoms with E-state index in [2.05, 4.69) is 10.1 Å². The van der Waals surface area contributed by atoms with Gasteiger partial charge in [0.05, 0.1) is 4.92 Å². The molecule has 2 aromatic rings. The first kappa shape index (κ1) is 12.3. The molecular formula is C6H8N6O5. The van der Waals surface area contributed by atoms with Gasteiger partial charge in [-0.3, -0.25) is 19.9 Å². The fourth-order valence-electron chi connectivity index (χ4n) is 1.26. The van der Waals surface area contributed by atoms with Gasteiger partial charge in [0.25, 0.3) is 5.56 Å². The van der Waals surface area contributed by atoms with Crippen molar-refractivity contribution in [3.8, 4) is 5.88 Å². The molecule has 2 heterocycles. The summed E-state index contributed by atoms with van der Waals surface area (Å²) in [7, 11) is 0. The third-order valence-corrected chi connectivity index (χ3v) is 1.99. The fourth-order valence-corrected chi connectivity index (χ4v) is 1.26. The Kier molecular flexibility index (Phi) is 2.62. The molecule has 0 aromatic carbocycles. The van der Waals surface area contributed by atoms with Gasteiger partial charge in [-0.05, 0) is 0 Å². The van der Waals surface area contributed by atoms with Crippen LogP contribution in [-0.4, -0.2) is 30.1 Å². The third-order valence-electron chi connectivity index (χ3n) is 1.99. The number of rotatable bonds is 1. The topological polar surface area (TPSA) is 197 Å². The molecule has 0 bridgehead atoms. The number of fused-ring (bicyclic) bond motifs is 1. The highest BCUT2D eigenvalue weighted by atomic mass is 16.6. The minimum absolute atomic E-state index is 0. The number of aromatic nitrogens is 3. The van der Waals surface area contributed by atoms with Crippen molar-refractivity contribution in [2.45, 2.75) is 0 Å². The Bertz CT molecular complexity index is 657. The normalized spacial score (nSPS) is 10.1. The zero-order valence-electron chi connectivity index (χ0n) is 8.17. The van der Waals surface area contributed by atoms with E-state index in [0.717, 1.165) is 0 Å². The molecule has 0 atom stereocenters. The molecule has 11 nitrogen and oxygen atoms in total. The van der Waals surface area contributed by atoms with Gasteiger partial charge in [0, 0.05) is 0 Å². The Labute approximate surface area is 91.7 Å². The van der Waals surface area contributed by atoms with Gasteiger partial charge in [-0.1, -0.05) is 0 Å². The highest BCUT2D eigenvalue weighted by Gasteiger charge is 2.25. The van der Waals surface area contributed by atoms with E-state index in [-0.39, 0.29) is 11.1 Å². The molecule has 2 rings (SSSR count). The molecule has 2 aromatic heterocycles. The monoisotopic (exact) mass is 244 g/mol. The first-order valence-corrected chi connectivity index (χ1v) is 3.96. The molecule has 0 aliphatic carbocycles. The Morgan fingerprint density at radius 3 is 2.59 bits per heavy atom. The molecule has 0 radical (unpaired) electrons. The Morgan fingerprint density at radius 2 is 2.06 bits per heavy atom. The molecule has 0 unspecified atom stereocenters. The lowest BCUT2D eigenvalue weighted by Crippen LogP contribution is -2.14. The third kappa shape index (κ3) is 1.50. The van der Waals surface area contributed by atoms with Crippen LogP contribution in [-0.2, 0) is 0 Å². The van der Waals surface area contributed by atoms with E-state index < -0.39 is 33.6 Å². The quantitative estimate of drug-likeness (QED) is 0.327. The number of hydrogen-bond acceptors (Lipinski definition) is 7. The van der Waals surface area contributed by atoms with Crippen molar-refractivity contribution in [2.75, 3.05) is 11.5 Å². The van der Waals surface area contributed by atoms with Crippen molar-refractivity contribution in [1.29, 1.82) is 0 Å². The number of nitrogen functional groups attached to an aromatic ring is 2. The van der Waals surface area contributed by atoms with Gasteiger partial charge in [-0.2, -0.15) is 4.52 Å². The number of nitrogens with two attached hydrogens (primary N) is 2. The SMILES string of the molecule is Nc1nn2c(O)c(N)c(=O)[nH]c2c1[N+](=O)[O-].O. The molecule has 8 N–H and O–H groups in total. The lowest BCUT2D eigenvalue weighted by molar-refractivity contribution is -0.382. The molecule has 11 heteroatoms. The van der Waals surface area contributed by atoms with E-state index in [0.29, 0.717) is 4.52 Å². The maximum absolute atomic E-state index is 11.2. The van der Waals surface area contributed by atoms with Crippen LogP contribution in [0.25, 0.3) is 5.65 Å². The molecule has 0 aliphatic heterocycles. The lowest BCUT2D eigenvalue weighted by atomic mass is 10.4. The van der Waals surface area contributed by atoms with Gasteiger partial charge >= 0.3 is 5.69 Å². The summed E-state index contributed by atoms with van der Waals surface area (Å²) in [6.07, 6.45) is 0. The number of aromatic amines is 1. The summed E-state index contributed by atoms with van der Waals surface area (Å²) in [4.78, 5) is 23.1. The van der Waals surface area contributed by atoms with Crippen molar-refractivity contribution in [3.05, 3.63) is 20.5 Å². The number of H-pyrrole nitrogens is 1. The van der Waals surface area contributed by atoms with Gasteiger partial charge < -0.3 is 22.1 Å². The second-order valence-corrected chi connectivity index (χ2v) is 2.94. The van der Waals surface area contributed by atoms with Crippen LogP contribution < -0.4 is 17.0 Å². The fraction of sp³-hybridized carbons (Fsp3) is 0. The van der Waals surface area contributed by atoms with Gasteiger partial charge in [-0.25, -0.2) is 0 Å². The zero-order valence-corrected chi connectivity index (χ0v) is 8.17. The van der Waals surface area contributed by atoms with Crippen LogP contribution in [0.3, 0.4) is 0 Å². The van der Waals surface area contributed by atoms with Crippen LogP contribution in [0.15, 0.2) is 4.79 Å². The van der Waals surface area contributed by atoms with Crippen LogP contribution in [0.2, 0.25) is 0 Å². The number of anilines is 2. The largest absolute Gasteiger partial charge is 0.492 e. The van der Waals surface area contributed by atoms with Gasteiger partial charge in [0.1, 0.15) is 0 Å². The van der Waals surface area contributed by atoms with Gasteiger partial charge in [0.15, 0.2) is 5.69 Å². The molecule has 92 valence electrons. The Balaban J connectivity index is 0.00000144. The standard InChI is InChI=1S/C6H6N6O4.H2O/c7-1-5(13)9-4-2(12(15)16)3(8)10-11(4)6(1)14;/h14H,7H2,(H2,8,10)(H,9,13);1H2. The lowest BCUT2D eigenvalue weighted by Gasteiger charge is -1.98. The van der Waals surface area contributed by atoms with E-state index in [4.69, 9.17) is 11.5 Å². The van der Waals surface area contributed by atoms with Gasteiger partial charge in [-0.15, -0.1) is 5.10 Å². The van der Waals surface area contributed by atoms with E-state index >= 15 is 0 Å². The summed E-state index contributed by atoms with van der Waals surface area (Å²) in [5.74, 6) is -1.12. The summed E-state index contributed by atoms with van der Waals surface area (Å²) in [6.45, 7) is 0. The zero-order chi connectivity index (χ0) is 12.0. The smallest absolute Gasteiger partial charge is 0.355 e. The van der Waals surface area contributed by atoms with Crippen molar-refractivity contribution < 1.29 is 15.5 Å². The minimum Gasteiger partial charge on any atom is -0.492 e. The number of hydrogen-bond donors (Lipinski definition) is 4. The molecule has 0 spiro atoms. The van der Waals surface area contributed by atoms with E-state index in [9.17, 15) is 20.0 Å². The van der Waals surface area contributed by atoms with E-state index in [1.54, 1.807) is 0 Å². The molecule has 0 saturated carbocycles. The van der Waals surface area contributed by atoms with Crippen LogP contribution in [0, 0.1) is 10.1 Å². The van der Waals surface area contributed by atoms with Gasteiger partial charge in [0.2, 0.25) is 17.3 Å². The number of aromatic hydroxyl groups is 1. The maximum atomic E-state index is 11.2. The summed E-state index contributed by atoms with van der Waals surface area (Å²) in [5, 5.41) is 23.6. The molecule has 0 fully saturated rings. The van der Waals surface area contributed by atoms with Crippen LogP contribution >= 0.6 is 0 Å². The first-order valence-electron chi connectivity index (χ1n) is 3.96. The molecule has 17 heavy (non-hydrogen) atoms. The Hall–Kier alpha value is -2.82. The molecule has 0 aliphatic rings. The van der Waals surface area contributed by atoms with Crippen LogP contribution in [0.4, 0.5) is 17.2 Å². The number of nitrogens with zero attached hydrogens (tertiary/aromatic N) is 3. The number of nitro groups is 1. The predicted molar refractivity (Wildman–Crippen MR) is 56.6 cm³/mol. The predicted octanol–water partition coefficient (Wildman–Crippen LogP) is -2.02. The highest BCUT2D eigenvalue weighted by molar-refractivity contribution is 5.73. The first-order chi connectivity index (χ1) is 7.43. The highest BCUT2D eigenvalue weighted by Crippen LogP contribution is 2.27. The summed E-state index contributed by atoms with van der Waals surface area (Å²) in [5.41, 5.74) is 8.23. The average Bonchev–Trinajstić information content (AvgIpc) is 2.51.